The summed E-state index contributed by atoms with van der Waals surface area (Å²) in [6.45, 7) is -0.957. The van der Waals surface area contributed by atoms with E-state index in [-0.39, 0.29) is 6.29 Å². The molecule has 0 rings (SSSR count). The van der Waals surface area contributed by atoms with Crippen molar-refractivity contribution in [1.82, 2.24) is 0 Å². The number of rotatable bonds is 4. The third kappa shape index (κ3) is 1.78. The Balaban J connectivity index is 4.21. The third-order valence-electron chi connectivity index (χ3n) is 1.08. The van der Waals surface area contributed by atoms with Gasteiger partial charge in [-0.2, -0.15) is 0 Å². The van der Waals surface area contributed by atoms with Crippen LogP contribution < -0.4 is 0 Å². The van der Waals surface area contributed by atoms with Crippen molar-refractivity contribution < 1.29 is 24.9 Å². The second kappa shape index (κ2) is 3.28. The molecule has 1 unspecified atom stereocenters. The first-order valence-electron chi connectivity index (χ1n) is 2.57. The van der Waals surface area contributed by atoms with Gasteiger partial charge in [0.25, 0.3) is 0 Å². The van der Waals surface area contributed by atoms with Gasteiger partial charge in [0.2, 0.25) is 0 Å². The first kappa shape index (κ1) is 9.06. The average Bonchev–Trinajstić information content (AvgIpc) is 1.88. The minimum absolute atomic E-state index is 0.240. The lowest BCUT2D eigenvalue weighted by molar-refractivity contribution is -0.164. The Bertz CT molecular complexity index is 143. The number of carbonyl (C=O) groups is 2. The zero-order valence-electron chi connectivity index (χ0n) is 5.15. The Labute approximate surface area is 56.9 Å². The Morgan fingerprint density at radius 2 is 2.10 bits per heavy atom. The van der Waals surface area contributed by atoms with Crippen LogP contribution in [0.3, 0.4) is 0 Å². The van der Waals surface area contributed by atoms with Crippen LogP contribution in [0.1, 0.15) is 6.42 Å². The molecule has 0 saturated heterocycles. The van der Waals surface area contributed by atoms with Crippen molar-refractivity contribution in [3.8, 4) is 0 Å². The highest BCUT2D eigenvalue weighted by atomic mass is 16.4. The molecule has 0 radical (unpaired) electrons. The van der Waals surface area contributed by atoms with Gasteiger partial charge in [-0.05, 0) is 0 Å². The van der Waals surface area contributed by atoms with Gasteiger partial charge in [-0.25, -0.2) is 4.79 Å². The van der Waals surface area contributed by atoms with E-state index in [4.69, 9.17) is 15.3 Å². The summed E-state index contributed by atoms with van der Waals surface area (Å²) in [7, 11) is 0. The molecule has 0 aromatic rings. The van der Waals surface area contributed by atoms with Crippen molar-refractivity contribution in [3.63, 3.8) is 0 Å². The molecule has 0 aliphatic rings. The molecular formula is C5H8O5. The number of aliphatic carboxylic acids is 1. The van der Waals surface area contributed by atoms with E-state index in [9.17, 15) is 9.59 Å². The van der Waals surface area contributed by atoms with Crippen molar-refractivity contribution in [2.75, 3.05) is 6.61 Å². The molecule has 3 N–H and O–H groups in total. The molecule has 10 heavy (non-hydrogen) atoms. The molecule has 0 aliphatic carbocycles. The summed E-state index contributed by atoms with van der Waals surface area (Å²) in [5.41, 5.74) is -2.30. The lowest BCUT2D eigenvalue weighted by Crippen LogP contribution is -2.42. The second-order valence-electron chi connectivity index (χ2n) is 1.87. The average molecular weight is 148 g/mol. The van der Waals surface area contributed by atoms with E-state index in [0.29, 0.717) is 0 Å². The fourth-order valence-corrected chi connectivity index (χ4v) is 0.357. The van der Waals surface area contributed by atoms with E-state index in [1.54, 1.807) is 0 Å². The van der Waals surface area contributed by atoms with Crippen molar-refractivity contribution in [1.29, 1.82) is 0 Å². The van der Waals surface area contributed by atoms with Gasteiger partial charge >= 0.3 is 5.97 Å². The van der Waals surface area contributed by atoms with E-state index >= 15 is 0 Å². The standard InChI is InChI=1S/C5H8O5/c6-2-1-5(10,3-7)4(8)9/h2,7,10H,1,3H2,(H,8,9). The minimum Gasteiger partial charge on any atom is -0.479 e. The topological polar surface area (TPSA) is 94.8 Å². The number of hydrogen-bond donors (Lipinski definition) is 3. The Kier molecular flexibility index (Phi) is 2.98. The molecule has 0 amide bonds. The lowest BCUT2D eigenvalue weighted by Gasteiger charge is -2.16. The summed E-state index contributed by atoms with van der Waals surface area (Å²) in [5, 5.41) is 25.3. The molecule has 1 atom stereocenters. The van der Waals surface area contributed by atoms with Crippen LogP contribution in [0.5, 0.6) is 0 Å². The molecule has 0 spiro atoms. The van der Waals surface area contributed by atoms with E-state index in [1.807, 2.05) is 0 Å². The molecular weight excluding hydrogens is 140 g/mol. The Hall–Kier alpha value is -0.940. The van der Waals surface area contributed by atoms with Crippen molar-refractivity contribution >= 4 is 12.3 Å². The van der Waals surface area contributed by atoms with E-state index < -0.39 is 24.6 Å². The summed E-state index contributed by atoms with van der Waals surface area (Å²) in [6, 6.07) is 0. The van der Waals surface area contributed by atoms with Crippen LogP contribution >= 0.6 is 0 Å². The van der Waals surface area contributed by atoms with Gasteiger partial charge in [-0.3, -0.25) is 0 Å². The Morgan fingerprint density at radius 3 is 2.20 bits per heavy atom. The molecule has 0 aromatic heterocycles. The minimum atomic E-state index is -2.30. The summed E-state index contributed by atoms with van der Waals surface area (Å²) in [4.78, 5) is 19.8. The SMILES string of the molecule is O=CCC(O)(CO)C(=O)O. The fraction of sp³-hybridized carbons (Fsp3) is 0.600. The summed E-state index contributed by atoms with van der Waals surface area (Å²) in [6.07, 6.45) is -0.358. The maximum atomic E-state index is 10.1. The van der Waals surface area contributed by atoms with Crippen LogP contribution in [0.2, 0.25) is 0 Å². The van der Waals surface area contributed by atoms with Gasteiger partial charge in [-0.1, -0.05) is 0 Å². The highest BCUT2D eigenvalue weighted by Gasteiger charge is 2.34. The highest BCUT2D eigenvalue weighted by molar-refractivity contribution is 5.80. The number of carboxylic acid groups (broad SMARTS) is 1. The van der Waals surface area contributed by atoms with E-state index in [0.717, 1.165) is 0 Å². The van der Waals surface area contributed by atoms with Gasteiger partial charge in [0.1, 0.15) is 6.29 Å². The molecule has 58 valence electrons. The highest BCUT2D eigenvalue weighted by Crippen LogP contribution is 2.06. The largest absolute Gasteiger partial charge is 0.479 e. The zero-order valence-corrected chi connectivity index (χ0v) is 5.15. The van der Waals surface area contributed by atoms with Crippen LogP contribution in [0.25, 0.3) is 0 Å². The molecule has 5 nitrogen and oxygen atoms in total. The van der Waals surface area contributed by atoms with Crippen molar-refractivity contribution in [2.24, 2.45) is 0 Å². The lowest BCUT2D eigenvalue weighted by atomic mass is 10.0. The van der Waals surface area contributed by atoms with Gasteiger partial charge in [0.05, 0.1) is 6.61 Å². The predicted molar refractivity (Wildman–Crippen MR) is 30.4 cm³/mol. The van der Waals surface area contributed by atoms with Crippen LogP contribution in [0, 0.1) is 0 Å². The maximum absolute atomic E-state index is 10.1. The summed E-state index contributed by atoms with van der Waals surface area (Å²) < 4.78 is 0. The molecule has 0 heterocycles. The van der Waals surface area contributed by atoms with Crippen LogP contribution in [0.4, 0.5) is 0 Å². The predicted octanol–water partition coefficient (Wildman–Crippen LogP) is -1.62. The van der Waals surface area contributed by atoms with Crippen LogP contribution in [-0.2, 0) is 9.59 Å². The van der Waals surface area contributed by atoms with Crippen LogP contribution in [0.15, 0.2) is 0 Å². The normalized spacial score (nSPS) is 15.8. The van der Waals surface area contributed by atoms with Gasteiger partial charge in [-0.15, -0.1) is 0 Å². The monoisotopic (exact) mass is 148 g/mol. The first-order valence-corrected chi connectivity index (χ1v) is 2.57. The molecule has 0 aromatic carbocycles. The second-order valence-corrected chi connectivity index (χ2v) is 1.87. The summed E-state index contributed by atoms with van der Waals surface area (Å²) >= 11 is 0. The molecule has 5 heteroatoms. The Morgan fingerprint density at radius 1 is 1.60 bits per heavy atom. The van der Waals surface area contributed by atoms with Gasteiger partial charge in [0.15, 0.2) is 5.60 Å². The van der Waals surface area contributed by atoms with Gasteiger partial charge < -0.3 is 20.1 Å². The molecule has 0 bridgehead atoms. The fourth-order valence-electron chi connectivity index (χ4n) is 0.357. The van der Waals surface area contributed by atoms with E-state index in [1.165, 1.54) is 0 Å². The summed E-state index contributed by atoms with van der Waals surface area (Å²) in [5.74, 6) is -1.60. The van der Waals surface area contributed by atoms with E-state index in [2.05, 4.69) is 0 Å². The molecule has 0 aliphatic heterocycles. The van der Waals surface area contributed by atoms with Crippen molar-refractivity contribution in [3.05, 3.63) is 0 Å². The number of aliphatic hydroxyl groups is 2. The number of carboxylic acids is 1. The smallest absolute Gasteiger partial charge is 0.338 e. The molecule has 0 saturated carbocycles. The number of aliphatic hydroxyl groups excluding tert-OH is 1. The number of carbonyl (C=O) groups excluding carboxylic acids is 1. The quantitative estimate of drug-likeness (QED) is 0.416. The number of hydrogen-bond acceptors (Lipinski definition) is 4. The van der Waals surface area contributed by atoms with Crippen LogP contribution in [-0.4, -0.2) is 39.8 Å². The van der Waals surface area contributed by atoms with Crippen molar-refractivity contribution in [2.45, 2.75) is 12.0 Å². The maximum Gasteiger partial charge on any atom is 0.338 e. The third-order valence-corrected chi connectivity index (χ3v) is 1.08. The number of aldehydes is 1. The first-order chi connectivity index (χ1) is 4.56. The van der Waals surface area contributed by atoms with Gasteiger partial charge in [0, 0.05) is 6.42 Å². The molecule has 0 fully saturated rings. The zero-order chi connectivity index (χ0) is 8.20.